The third kappa shape index (κ3) is 4.59. The summed E-state index contributed by atoms with van der Waals surface area (Å²) in [4.78, 5) is 25.5. The molecule has 6 heteroatoms. The number of ether oxygens (including phenoxy) is 1. The van der Waals surface area contributed by atoms with Crippen LogP contribution in [0.3, 0.4) is 0 Å². The van der Waals surface area contributed by atoms with E-state index in [1.54, 1.807) is 0 Å². The SMILES string of the molecule is C[N+]1(CCOC(=O)c2cccc(F)c2)CC[C@@H](C(C(N)=O)(c2ccccc2)c2ccccc2)C1. The van der Waals surface area contributed by atoms with Crippen molar-refractivity contribution in [1.82, 2.24) is 0 Å². The van der Waals surface area contributed by atoms with E-state index in [0.717, 1.165) is 24.1 Å². The Morgan fingerprint density at radius 1 is 1.00 bits per heavy atom. The van der Waals surface area contributed by atoms with Gasteiger partial charge in [-0.3, -0.25) is 4.79 Å². The lowest BCUT2D eigenvalue weighted by molar-refractivity contribution is -0.899. The van der Waals surface area contributed by atoms with E-state index in [1.165, 1.54) is 24.3 Å². The molecule has 5 nitrogen and oxygen atoms in total. The van der Waals surface area contributed by atoms with Crippen molar-refractivity contribution >= 4 is 11.9 Å². The number of nitrogens with zero attached hydrogens (tertiary/aromatic N) is 1. The lowest BCUT2D eigenvalue weighted by atomic mass is 9.64. The number of quaternary nitrogens is 1. The van der Waals surface area contributed by atoms with Crippen LogP contribution in [0.1, 0.15) is 27.9 Å². The van der Waals surface area contributed by atoms with Crippen LogP contribution in [0.15, 0.2) is 84.9 Å². The van der Waals surface area contributed by atoms with Crippen molar-refractivity contribution in [2.24, 2.45) is 11.7 Å². The van der Waals surface area contributed by atoms with Gasteiger partial charge in [0.25, 0.3) is 0 Å². The highest BCUT2D eigenvalue weighted by atomic mass is 19.1. The number of esters is 1. The molecule has 1 unspecified atom stereocenters. The fourth-order valence-electron chi connectivity index (χ4n) is 5.32. The number of primary amides is 1. The molecule has 1 aliphatic heterocycles. The van der Waals surface area contributed by atoms with Gasteiger partial charge < -0.3 is 15.0 Å². The van der Waals surface area contributed by atoms with Gasteiger partial charge in [-0.2, -0.15) is 0 Å². The third-order valence-corrected chi connectivity index (χ3v) is 7.06. The Kier molecular flexibility index (Phi) is 6.80. The van der Waals surface area contributed by atoms with E-state index in [1.807, 2.05) is 60.7 Å². The maximum Gasteiger partial charge on any atom is 0.338 e. The molecular formula is C28H30FN2O3+. The minimum atomic E-state index is -0.948. The molecule has 4 rings (SSSR count). The van der Waals surface area contributed by atoms with E-state index in [-0.39, 0.29) is 24.0 Å². The molecule has 1 amide bonds. The van der Waals surface area contributed by atoms with Gasteiger partial charge >= 0.3 is 5.97 Å². The molecule has 2 N–H and O–H groups in total. The Hall–Kier alpha value is -3.51. The Morgan fingerprint density at radius 2 is 1.62 bits per heavy atom. The van der Waals surface area contributed by atoms with Crippen LogP contribution in [0, 0.1) is 11.7 Å². The number of carbonyl (C=O) groups excluding carboxylic acids is 2. The molecule has 1 fully saturated rings. The van der Waals surface area contributed by atoms with Gasteiger partial charge in [-0.25, -0.2) is 9.18 Å². The van der Waals surface area contributed by atoms with Crippen LogP contribution < -0.4 is 5.73 Å². The summed E-state index contributed by atoms with van der Waals surface area (Å²) in [5, 5.41) is 0. The highest BCUT2D eigenvalue weighted by Crippen LogP contribution is 2.44. The molecule has 0 spiro atoms. The van der Waals surface area contributed by atoms with Gasteiger partial charge in [-0.1, -0.05) is 66.7 Å². The summed E-state index contributed by atoms with van der Waals surface area (Å²) in [5.74, 6) is -1.39. The summed E-state index contributed by atoms with van der Waals surface area (Å²) in [6, 6.07) is 25.0. The van der Waals surface area contributed by atoms with E-state index in [9.17, 15) is 14.0 Å². The maximum absolute atomic E-state index is 13.4. The van der Waals surface area contributed by atoms with E-state index in [2.05, 4.69) is 7.05 Å². The summed E-state index contributed by atoms with van der Waals surface area (Å²) >= 11 is 0. The average Bonchev–Trinajstić information content (AvgIpc) is 3.22. The summed E-state index contributed by atoms with van der Waals surface area (Å²) < 4.78 is 19.5. The summed E-state index contributed by atoms with van der Waals surface area (Å²) in [6.45, 7) is 2.34. The average molecular weight is 462 g/mol. The zero-order valence-electron chi connectivity index (χ0n) is 19.3. The van der Waals surface area contributed by atoms with Gasteiger partial charge in [0.05, 0.1) is 25.7 Å². The van der Waals surface area contributed by atoms with Gasteiger partial charge in [0.2, 0.25) is 5.91 Å². The van der Waals surface area contributed by atoms with Crippen molar-refractivity contribution in [3.63, 3.8) is 0 Å². The normalized spacial score (nSPS) is 20.1. The minimum absolute atomic E-state index is 0.0151. The number of amides is 1. The molecule has 3 aromatic rings. The molecule has 0 saturated carbocycles. The molecular weight excluding hydrogens is 431 g/mol. The highest BCUT2D eigenvalue weighted by molar-refractivity contribution is 5.91. The van der Waals surface area contributed by atoms with E-state index in [4.69, 9.17) is 10.5 Å². The van der Waals surface area contributed by atoms with Crippen molar-refractivity contribution in [2.75, 3.05) is 33.3 Å². The molecule has 176 valence electrons. The molecule has 3 aromatic carbocycles. The highest BCUT2D eigenvalue weighted by Gasteiger charge is 2.53. The minimum Gasteiger partial charge on any atom is -0.456 e. The van der Waals surface area contributed by atoms with Crippen molar-refractivity contribution in [3.8, 4) is 0 Å². The Morgan fingerprint density at radius 3 is 2.18 bits per heavy atom. The number of hydrogen-bond acceptors (Lipinski definition) is 3. The van der Waals surface area contributed by atoms with Gasteiger partial charge in [-0.05, 0) is 29.3 Å². The topological polar surface area (TPSA) is 69.4 Å². The van der Waals surface area contributed by atoms with Crippen LogP contribution in [0.2, 0.25) is 0 Å². The number of halogens is 1. The second-order valence-electron chi connectivity index (χ2n) is 9.29. The molecule has 0 aliphatic carbocycles. The van der Waals surface area contributed by atoms with Crippen molar-refractivity contribution in [3.05, 3.63) is 107 Å². The number of rotatable bonds is 8. The Bertz CT molecular complexity index is 1110. The number of hydrogen-bond donors (Lipinski definition) is 1. The third-order valence-electron chi connectivity index (χ3n) is 7.06. The van der Waals surface area contributed by atoms with Crippen LogP contribution in [0.4, 0.5) is 4.39 Å². The molecule has 0 radical (unpaired) electrons. The molecule has 34 heavy (non-hydrogen) atoms. The first-order valence-corrected chi connectivity index (χ1v) is 11.5. The fraction of sp³-hybridized carbons (Fsp3) is 0.286. The summed E-state index contributed by atoms with van der Waals surface area (Å²) in [7, 11) is 2.11. The first-order valence-electron chi connectivity index (χ1n) is 11.5. The number of likely N-dealkylation sites (tertiary alicyclic amines) is 1. The summed E-state index contributed by atoms with van der Waals surface area (Å²) in [6.07, 6.45) is 0.807. The van der Waals surface area contributed by atoms with E-state index >= 15 is 0 Å². The lowest BCUT2D eigenvalue weighted by Gasteiger charge is -2.38. The van der Waals surface area contributed by atoms with Crippen LogP contribution >= 0.6 is 0 Å². The molecule has 0 bridgehead atoms. The summed E-state index contributed by atoms with van der Waals surface area (Å²) in [5.41, 5.74) is 7.21. The smallest absolute Gasteiger partial charge is 0.338 e. The van der Waals surface area contributed by atoms with Crippen LogP contribution in [0.25, 0.3) is 0 Å². The predicted molar refractivity (Wildman–Crippen MR) is 128 cm³/mol. The molecule has 0 aromatic heterocycles. The number of nitrogens with two attached hydrogens (primary N) is 1. The van der Waals surface area contributed by atoms with Gasteiger partial charge in [0.1, 0.15) is 24.4 Å². The quantitative estimate of drug-likeness (QED) is 0.408. The first kappa shape index (κ1) is 23.6. The molecule has 2 atom stereocenters. The zero-order valence-corrected chi connectivity index (χ0v) is 19.3. The van der Waals surface area contributed by atoms with Crippen LogP contribution in [-0.4, -0.2) is 49.6 Å². The van der Waals surface area contributed by atoms with Crippen molar-refractivity contribution in [2.45, 2.75) is 11.8 Å². The second kappa shape index (κ2) is 9.77. The van der Waals surface area contributed by atoms with Gasteiger partial charge in [0, 0.05) is 12.3 Å². The zero-order chi connectivity index (χ0) is 24.2. The first-order chi connectivity index (χ1) is 16.3. The molecule has 1 aliphatic rings. The number of likely N-dealkylation sites (N-methyl/N-ethyl adjacent to an activating group) is 1. The lowest BCUT2D eigenvalue weighted by Crippen LogP contribution is -2.51. The largest absolute Gasteiger partial charge is 0.456 e. The van der Waals surface area contributed by atoms with Crippen LogP contribution in [0.5, 0.6) is 0 Å². The fourth-order valence-corrected chi connectivity index (χ4v) is 5.32. The standard InChI is InChI=1S/C28H29FN2O3/c1-31(17-18-34-26(32)21-9-8-14-25(29)19-21)16-15-24(20-31)28(27(30)33,22-10-4-2-5-11-22)23-12-6-3-7-13-23/h2-14,19,24H,15-18,20H2,1H3,(H-,30,33)/p+1/t24-,31?/m1/s1. The molecule has 1 saturated heterocycles. The number of benzene rings is 3. The predicted octanol–water partition coefficient (Wildman–Crippen LogP) is 3.92. The monoisotopic (exact) mass is 461 g/mol. The van der Waals surface area contributed by atoms with Crippen molar-refractivity contribution < 1.29 is 23.2 Å². The van der Waals surface area contributed by atoms with E-state index in [0.29, 0.717) is 17.6 Å². The second-order valence-corrected chi connectivity index (χ2v) is 9.29. The maximum atomic E-state index is 13.4. The van der Waals surface area contributed by atoms with E-state index < -0.39 is 17.2 Å². The van der Waals surface area contributed by atoms with Gasteiger partial charge in [-0.15, -0.1) is 0 Å². The Balaban J connectivity index is 1.54. The van der Waals surface area contributed by atoms with Gasteiger partial charge in [0.15, 0.2) is 0 Å². The van der Waals surface area contributed by atoms with Crippen molar-refractivity contribution in [1.29, 1.82) is 0 Å². The molecule has 1 heterocycles. The Labute approximate surface area is 199 Å². The number of carbonyl (C=O) groups is 2. The van der Waals surface area contributed by atoms with Crippen LogP contribution in [-0.2, 0) is 14.9 Å².